The van der Waals surface area contributed by atoms with Gasteiger partial charge >= 0.3 is 0 Å². The van der Waals surface area contributed by atoms with Crippen molar-refractivity contribution in [3.05, 3.63) is 59.5 Å². The fourth-order valence-corrected chi connectivity index (χ4v) is 3.03. The van der Waals surface area contributed by atoms with Gasteiger partial charge in [-0.1, -0.05) is 18.2 Å². The molecule has 0 bridgehead atoms. The Hall–Kier alpha value is -1.94. The summed E-state index contributed by atoms with van der Waals surface area (Å²) in [5.74, 6) is 0.687. The number of ether oxygens (including phenoxy) is 1. The summed E-state index contributed by atoms with van der Waals surface area (Å²) in [5, 5.41) is 3.45. The molecule has 2 aromatic rings. The van der Waals surface area contributed by atoms with Crippen LogP contribution in [0.2, 0.25) is 0 Å². The van der Waals surface area contributed by atoms with Crippen LogP contribution in [-0.4, -0.2) is 24.7 Å². The van der Waals surface area contributed by atoms with E-state index in [1.165, 1.54) is 12.1 Å². The van der Waals surface area contributed by atoms with E-state index < -0.39 is 0 Å². The molecule has 22 heavy (non-hydrogen) atoms. The number of rotatable bonds is 4. The molecule has 0 atom stereocenters. The van der Waals surface area contributed by atoms with Gasteiger partial charge in [0, 0.05) is 30.9 Å². The molecule has 3 nitrogen and oxygen atoms in total. The molecular weight excluding hydrogens is 279 g/mol. The van der Waals surface area contributed by atoms with Gasteiger partial charge in [-0.2, -0.15) is 0 Å². The van der Waals surface area contributed by atoms with Crippen LogP contribution in [0.15, 0.2) is 42.5 Å². The zero-order valence-electron chi connectivity index (χ0n) is 12.8. The van der Waals surface area contributed by atoms with E-state index in [1.54, 1.807) is 0 Å². The predicted octanol–water partition coefficient (Wildman–Crippen LogP) is 3.69. The van der Waals surface area contributed by atoms with E-state index in [1.807, 2.05) is 37.3 Å². The summed E-state index contributed by atoms with van der Waals surface area (Å²) in [5.41, 5.74) is 2.13. The van der Waals surface area contributed by atoms with Gasteiger partial charge in [-0.25, -0.2) is 9.37 Å². The Balaban J connectivity index is 1.81. The highest BCUT2D eigenvalue weighted by atomic mass is 19.1. The minimum absolute atomic E-state index is 0.0304. The second-order valence-corrected chi connectivity index (χ2v) is 5.92. The summed E-state index contributed by atoms with van der Waals surface area (Å²) < 4.78 is 18.7. The Morgan fingerprint density at radius 1 is 1.14 bits per heavy atom. The molecule has 0 spiro atoms. The van der Waals surface area contributed by atoms with Gasteiger partial charge in [0.1, 0.15) is 11.6 Å². The number of aryl methyl sites for hydroxylation is 1. The Morgan fingerprint density at radius 3 is 2.55 bits per heavy atom. The minimum Gasteiger partial charge on any atom is -0.381 e. The molecule has 0 saturated carbocycles. The lowest BCUT2D eigenvalue weighted by Crippen LogP contribution is -2.40. The van der Waals surface area contributed by atoms with E-state index in [2.05, 4.69) is 10.3 Å². The first kappa shape index (κ1) is 15.0. The molecule has 0 radical (unpaired) electrons. The third-order valence-corrected chi connectivity index (χ3v) is 4.40. The van der Waals surface area contributed by atoms with Crippen molar-refractivity contribution < 1.29 is 9.13 Å². The fourth-order valence-electron chi connectivity index (χ4n) is 3.03. The van der Waals surface area contributed by atoms with E-state index in [4.69, 9.17) is 4.74 Å². The number of hydrogen-bond donors (Lipinski definition) is 1. The molecule has 0 unspecified atom stereocenters. The van der Waals surface area contributed by atoms with Crippen molar-refractivity contribution in [3.8, 4) is 0 Å². The normalized spacial score (nSPS) is 17.2. The van der Waals surface area contributed by atoms with Crippen molar-refractivity contribution in [2.75, 3.05) is 25.1 Å². The van der Waals surface area contributed by atoms with Crippen molar-refractivity contribution in [1.29, 1.82) is 0 Å². The molecule has 1 aromatic heterocycles. The first-order valence-electron chi connectivity index (χ1n) is 7.69. The highest BCUT2D eigenvalue weighted by Gasteiger charge is 2.34. The van der Waals surface area contributed by atoms with Gasteiger partial charge < -0.3 is 10.1 Å². The van der Waals surface area contributed by atoms with Gasteiger partial charge in [0.25, 0.3) is 0 Å². The second kappa shape index (κ2) is 6.44. The van der Waals surface area contributed by atoms with Gasteiger partial charge in [-0.05, 0) is 49.6 Å². The van der Waals surface area contributed by atoms with Gasteiger partial charge in [-0.3, -0.25) is 0 Å². The maximum atomic E-state index is 13.2. The van der Waals surface area contributed by atoms with Gasteiger partial charge in [0.2, 0.25) is 0 Å². The van der Waals surface area contributed by atoms with Crippen LogP contribution in [0.5, 0.6) is 0 Å². The molecular formula is C18H21FN2O. The molecule has 0 amide bonds. The summed E-state index contributed by atoms with van der Waals surface area (Å²) >= 11 is 0. The van der Waals surface area contributed by atoms with Crippen LogP contribution in [0.3, 0.4) is 0 Å². The predicted molar refractivity (Wildman–Crippen MR) is 85.6 cm³/mol. The third kappa shape index (κ3) is 3.28. The fraction of sp³-hybridized carbons (Fsp3) is 0.389. The first-order chi connectivity index (χ1) is 10.7. The van der Waals surface area contributed by atoms with E-state index in [0.717, 1.165) is 49.7 Å². The van der Waals surface area contributed by atoms with Crippen LogP contribution in [0.25, 0.3) is 0 Å². The molecule has 0 aliphatic carbocycles. The highest BCUT2D eigenvalue weighted by Crippen LogP contribution is 2.35. The Labute approximate surface area is 130 Å². The quantitative estimate of drug-likeness (QED) is 0.935. The van der Waals surface area contributed by atoms with Crippen molar-refractivity contribution in [1.82, 2.24) is 4.98 Å². The van der Waals surface area contributed by atoms with E-state index in [-0.39, 0.29) is 11.2 Å². The van der Waals surface area contributed by atoms with Crippen LogP contribution < -0.4 is 5.32 Å². The molecule has 116 valence electrons. The average molecular weight is 300 g/mol. The van der Waals surface area contributed by atoms with Crippen molar-refractivity contribution in [2.45, 2.75) is 25.2 Å². The third-order valence-electron chi connectivity index (χ3n) is 4.40. The van der Waals surface area contributed by atoms with Crippen LogP contribution in [0, 0.1) is 12.7 Å². The zero-order valence-corrected chi connectivity index (χ0v) is 12.8. The lowest BCUT2D eigenvalue weighted by molar-refractivity contribution is 0.0543. The average Bonchev–Trinajstić information content (AvgIpc) is 2.55. The highest BCUT2D eigenvalue weighted by molar-refractivity contribution is 5.38. The topological polar surface area (TPSA) is 34.1 Å². The number of anilines is 1. The summed E-state index contributed by atoms with van der Waals surface area (Å²) in [6, 6.07) is 12.8. The Morgan fingerprint density at radius 2 is 1.86 bits per heavy atom. The molecule has 3 rings (SSSR count). The van der Waals surface area contributed by atoms with Crippen molar-refractivity contribution >= 4 is 5.82 Å². The number of benzene rings is 1. The number of hydrogen-bond acceptors (Lipinski definition) is 3. The largest absolute Gasteiger partial charge is 0.381 e. The van der Waals surface area contributed by atoms with E-state index in [0.29, 0.717) is 0 Å². The van der Waals surface area contributed by atoms with Crippen LogP contribution in [0.4, 0.5) is 10.2 Å². The molecule has 1 aliphatic rings. The Kier molecular flexibility index (Phi) is 4.39. The monoisotopic (exact) mass is 300 g/mol. The standard InChI is InChI=1S/C18H21FN2O/c1-14-3-2-4-17(21-14)20-13-18(9-11-22-12-10-18)15-5-7-16(19)8-6-15/h2-8H,9-13H2,1H3,(H,20,21). The van der Waals surface area contributed by atoms with Crippen LogP contribution in [0.1, 0.15) is 24.1 Å². The summed E-state index contributed by atoms with van der Waals surface area (Å²) in [7, 11) is 0. The molecule has 4 heteroatoms. The molecule has 1 aliphatic heterocycles. The van der Waals surface area contributed by atoms with E-state index in [9.17, 15) is 4.39 Å². The number of aromatic nitrogens is 1. The molecule has 1 aromatic carbocycles. The number of nitrogens with one attached hydrogen (secondary N) is 1. The number of pyridine rings is 1. The summed E-state index contributed by atoms with van der Waals surface area (Å²) in [6.45, 7) is 4.23. The molecule has 1 N–H and O–H groups in total. The van der Waals surface area contributed by atoms with Crippen LogP contribution in [-0.2, 0) is 10.2 Å². The maximum Gasteiger partial charge on any atom is 0.126 e. The van der Waals surface area contributed by atoms with E-state index >= 15 is 0 Å². The first-order valence-corrected chi connectivity index (χ1v) is 7.69. The summed E-state index contributed by atoms with van der Waals surface area (Å²) in [4.78, 5) is 4.49. The number of halogens is 1. The van der Waals surface area contributed by atoms with Crippen LogP contribution >= 0.6 is 0 Å². The van der Waals surface area contributed by atoms with Crippen molar-refractivity contribution in [3.63, 3.8) is 0 Å². The lowest BCUT2D eigenvalue weighted by Gasteiger charge is -2.38. The SMILES string of the molecule is Cc1cccc(NCC2(c3ccc(F)cc3)CCOCC2)n1. The van der Waals surface area contributed by atoms with Crippen molar-refractivity contribution in [2.24, 2.45) is 0 Å². The number of nitrogens with zero attached hydrogens (tertiary/aromatic N) is 1. The second-order valence-electron chi connectivity index (χ2n) is 5.92. The Bertz CT molecular complexity index is 621. The lowest BCUT2D eigenvalue weighted by atomic mass is 9.74. The molecule has 1 fully saturated rings. The summed E-state index contributed by atoms with van der Waals surface area (Å²) in [6.07, 6.45) is 1.86. The maximum absolute atomic E-state index is 13.2. The zero-order chi connectivity index (χ0) is 15.4. The smallest absolute Gasteiger partial charge is 0.126 e. The van der Waals surface area contributed by atoms with Gasteiger partial charge in [0.15, 0.2) is 0 Å². The van der Waals surface area contributed by atoms with Gasteiger partial charge in [-0.15, -0.1) is 0 Å². The minimum atomic E-state index is -0.195. The molecule has 1 saturated heterocycles. The van der Waals surface area contributed by atoms with Gasteiger partial charge in [0.05, 0.1) is 0 Å². The molecule has 2 heterocycles.